The van der Waals surface area contributed by atoms with Crippen molar-refractivity contribution in [1.29, 1.82) is 0 Å². The highest BCUT2D eigenvalue weighted by atomic mass is 16.5. The van der Waals surface area contributed by atoms with Crippen LogP contribution in [0.2, 0.25) is 0 Å². The van der Waals surface area contributed by atoms with Crippen LogP contribution in [0.4, 0.5) is 11.7 Å². The number of benzene rings is 2. The van der Waals surface area contributed by atoms with Gasteiger partial charge in [-0.05, 0) is 36.4 Å². The molecular weight excluding hydrogens is 268 g/mol. The van der Waals surface area contributed by atoms with Crippen molar-refractivity contribution in [3.8, 4) is 11.5 Å². The molecule has 3 N–H and O–H groups in total. The van der Waals surface area contributed by atoms with Gasteiger partial charge in [0.05, 0.1) is 6.54 Å². The summed E-state index contributed by atoms with van der Waals surface area (Å²) in [5.41, 5.74) is 6.23. The number of nitrogens with two attached hydrogens (primary N) is 1. The van der Waals surface area contributed by atoms with Crippen molar-refractivity contribution in [2.45, 2.75) is 6.54 Å². The van der Waals surface area contributed by atoms with Crippen LogP contribution in [0.1, 0.15) is 5.89 Å². The Balaban J connectivity index is 1.66. The second kappa shape index (κ2) is 6.06. The van der Waals surface area contributed by atoms with Gasteiger partial charge in [0.1, 0.15) is 11.5 Å². The molecule has 0 atom stereocenters. The van der Waals surface area contributed by atoms with Gasteiger partial charge in [-0.15, -0.1) is 5.10 Å². The Kier molecular flexibility index (Phi) is 3.79. The summed E-state index contributed by atoms with van der Waals surface area (Å²) in [5, 5.41) is 10.6. The standard InChI is InChI=1S/C15H14N4O2/c16-10-14-18-19-15(21-14)17-11-6-8-13(9-7-11)20-12-4-2-1-3-5-12/h1-9H,10,16H2,(H,17,19). The zero-order valence-corrected chi connectivity index (χ0v) is 11.2. The molecule has 0 aliphatic rings. The summed E-state index contributed by atoms with van der Waals surface area (Å²) in [7, 11) is 0. The first kappa shape index (κ1) is 13.1. The molecule has 0 amide bonds. The summed E-state index contributed by atoms with van der Waals surface area (Å²) < 4.78 is 11.0. The number of nitrogens with zero attached hydrogens (tertiary/aromatic N) is 2. The molecule has 0 spiro atoms. The van der Waals surface area contributed by atoms with Crippen LogP contribution in [-0.2, 0) is 6.54 Å². The van der Waals surface area contributed by atoms with Crippen molar-refractivity contribution in [3.63, 3.8) is 0 Å². The number of hydrogen-bond donors (Lipinski definition) is 2. The van der Waals surface area contributed by atoms with Crippen molar-refractivity contribution in [1.82, 2.24) is 10.2 Å². The predicted octanol–water partition coefficient (Wildman–Crippen LogP) is 3.06. The Bertz CT molecular complexity index is 695. The number of ether oxygens (including phenoxy) is 1. The normalized spacial score (nSPS) is 10.3. The molecule has 21 heavy (non-hydrogen) atoms. The molecule has 0 aliphatic heterocycles. The topological polar surface area (TPSA) is 86.2 Å². The Morgan fingerprint density at radius 1 is 0.952 bits per heavy atom. The second-order valence-corrected chi connectivity index (χ2v) is 4.27. The van der Waals surface area contributed by atoms with E-state index in [4.69, 9.17) is 14.9 Å². The SMILES string of the molecule is NCc1nnc(Nc2ccc(Oc3ccccc3)cc2)o1. The van der Waals surface area contributed by atoms with E-state index in [2.05, 4.69) is 15.5 Å². The minimum atomic E-state index is 0.221. The first-order valence-electron chi connectivity index (χ1n) is 6.46. The van der Waals surface area contributed by atoms with E-state index in [1.54, 1.807) is 0 Å². The number of rotatable bonds is 5. The van der Waals surface area contributed by atoms with Gasteiger partial charge in [0.15, 0.2) is 0 Å². The van der Waals surface area contributed by atoms with Crippen molar-refractivity contribution < 1.29 is 9.15 Å². The van der Waals surface area contributed by atoms with E-state index < -0.39 is 0 Å². The molecule has 3 aromatic rings. The Labute approximate surface area is 121 Å². The van der Waals surface area contributed by atoms with Gasteiger partial charge in [0.2, 0.25) is 5.89 Å². The minimum absolute atomic E-state index is 0.221. The lowest BCUT2D eigenvalue weighted by Crippen LogP contribution is -1.95. The van der Waals surface area contributed by atoms with E-state index in [9.17, 15) is 0 Å². The summed E-state index contributed by atoms with van der Waals surface area (Å²) in [6, 6.07) is 17.4. The van der Waals surface area contributed by atoms with E-state index in [-0.39, 0.29) is 6.54 Å². The fraction of sp³-hybridized carbons (Fsp3) is 0.0667. The molecule has 6 nitrogen and oxygen atoms in total. The molecule has 2 aromatic carbocycles. The monoisotopic (exact) mass is 282 g/mol. The van der Waals surface area contributed by atoms with Crippen molar-refractivity contribution in [2.75, 3.05) is 5.32 Å². The highest BCUT2D eigenvalue weighted by molar-refractivity contribution is 5.53. The molecule has 6 heteroatoms. The molecule has 0 aliphatic carbocycles. The first-order chi connectivity index (χ1) is 10.3. The zero-order valence-electron chi connectivity index (χ0n) is 11.2. The van der Waals surface area contributed by atoms with Gasteiger partial charge in [-0.3, -0.25) is 0 Å². The number of nitrogens with one attached hydrogen (secondary N) is 1. The van der Waals surface area contributed by atoms with Crippen molar-refractivity contribution in [2.24, 2.45) is 5.73 Å². The van der Waals surface area contributed by atoms with Gasteiger partial charge in [-0.2, -0.15) is 0 Å². The van der Waals surface area contributed by atoms with Gasteiger partial charge in [0.25, 0.3) is 0 Å². The lowest BCUT2D eigenvalue weighted by Gasteiger charge is -2.06. The van der Waals surface area contributed by atoms with E-state index >= 15 is 0 Å². The quantitative estimate of drug-likeness (QED) is 0.748. The summed E-state index contributed by atoms with van der Waals surface area (Å²) in [6.07, 6.45) is 0. The number of hydrogen-bond acceptors (Lipinski definition) is 6. The third-order valence-electron chi connectivity index (χ3n) is 2.73. The summed E-state index contributed by atoms with van der Waals surface area (Å²) in [6.45, 7) is 0.221. The number of anilines is 2. The van der Waals surface area contributed by atoms with Gasteiger partial charge < -0.3 is 20.2 Å². The molecule has 1 aromatic heterocycles. The summed E-state index contributed by atoms with van der Waals surface area (Å²) in [4.78, 5) is 0. The Hall–Kier alpha value is -2.86. The third-order valence-corrected chi connectivity index (χ3v) is 2.73. The van der Waals surface area contributed by atoms with Crippen LogP contribution >= 0.6 is 0 Å². The predicted molar refractivity (Wildman–Crippen MR) is 78.4 cm³/mol. The molecule has 0 saturated carbocycles. The van der Waals surface area contributed by atoms with Crippen molar-refractivity contribution in [3.05, 3.63) is 60.5 Å². The maximum Gasteiger partial charge on any atom is 0.320 e. The molecule has 0 saturated heterocycles. The van der Waals surface area contributed by atoms with Gasteiger partial charge in [0, 0.05) is 5.69 Å². The maximum atomic E-state index is 5.71. The van der Waals surface area contributed by atoms with Gasteiger partial charge in [-0.1, -0.05) is 23.3 Å². The number of aromatic nitrogens is 2. The molecular formula is C15H14N4O2. The van der Waals surface area contributed by atoms with Crippen LogP contribution in [0.15, 0.2) is 59.0 Å². The summed E-state index contributed by atoms with van der Waals surface area (Å²) >= 11 is 0. The van der Waals surface area contributed by atoms with E-state index in [1.165, 1.54) is 0 Å². The van der Waals surface area contributed by atoms with E-state index in [1.807, 2.05) is 54.6 Å². The fourth-order valence-corrected chi connectivity index (χ4v) is 1.74. The van der Waals surface area contributed by atoms with Gasteiger partial charge in [-0.25, -0.2) is 0 Å². The Morgan fingerprint density at radius 3 is 2.33 bits per heavy atom. The smallest absolute Gasteiger partial charge is 0.320 e. The van der Waals surface area contributed by atoms with Crippen molar-refractivity contribution >= 4 is 11.7 Å². The lowest BCUT2D eigenvalue weighted by molar-refractivity contribution is 0.482. The van der Waals surface area contributed by atoms with E-state index in [0.29, 0.717) is 11.9 Å². The number of para-hydroxylation sites is 1. The maximum absolute atomic E-state index is 5.71. The van der Waals surface area contributed by atoms with Crippen LogP contribution < -0.4 is 15.8 Å². The fourth-order valence-electron chi connectivity index (χ4n) is 1.74. The first-order valence-corrected chi connectivity index (χ1v) is 6.46. The summed E-state index contributed by atoms with van der Waals surface area (Å²) in [5.74, 6) is 1.93. The molecule has 1 heterocycles. The molecule has 0 fully saturated rings. The van der Waals surface area contributed by atoms with Crippen LogP contribution in [0, 0.1) is 0 Å². The molecule has 0 bridgehead atoms. The van der Waals surface area contributed by atoms with Gasteiger partial charge >= 0.3 is 6.01 Å². The molecule has 0 unspecified atom stereocenters. The average molecular weight is 282 g/mol. The largest absolute Gasteiger partial charge is 0.457 e. The van der Waals surface area contributed by atoms with Crippen LogP contribution in [0.25, 0.3) is 0 Å². The van der Waals surface area contributed by atoms with Crippen LogP contribution in [-0.4, -0.2) is 10.2 Å². The average Bonchev–Trinajstić information content (AvgIpc) is 2.98. The molecule has 106 valence electrons. The lowest BCUT2D eigenvalue weighted by atomic mass is 10.3. The highest BCUT2D eigenvalue weighted by Crippen LogP contribution is 2.23. The Morgan fingerprint density at radius 2 is 1.67 bits per heavy atom. The highest BCUT2D eigenvalue weighted by Gasteiger charge is 2.04. The van der Waals surface area contributed by atoms with E-state index in [0.717, 1.165) is 17.2 Å². The zero-order chi connectivity index (χ0) is 14.5. The molecule has 0 radical (unpaired) electrons. The van der Waals surface area contributed by atoms with Crippen LogP contribution in [0.3, 0.4) is 0 Å². The third kappa shape index (κ3) is 3.37. The van der Waals surface area contributed by atoms with Crippen LogP contribution in [0.5, 0.6) is 11.5 Å². The molecule has 3 rings (SSSR count). The second-order valence-electron chi connectivity index (χ2n) is 4.27. The minimum Gasteiger partial charge on any atom is -0.457 e.